The molecule has 3 saturated heterocycles. The standard InChI is InChI=1S/C79H123F5N16O30/c1-47(104)88-66-72(115)69(112)53(41-101)127-75(66)50-38-98(95-92-50)44-124-35-32-121-29-26-118-23-20-85-56(107)14-17-79(91-59(110)12-10-8-6-4-5-7-9-11-13-60(111)130-78-64(83)62(81)61(80)63(82)65(78)84,18-15-57(108)86-21-24-119-27-30-122-33-36-125-45-99-39-51(93-96-99)76-67(89-48(2)105)73(116)70(113)54(42-102)128-76)19-16-58(109)87-22-25-120-28-31-123-34-37-126-46-100-40-52(94-97-100)77-68(90-49(3)106)74(117)71(114)55(43-103)129-77/h38-40,53-55,66-77,101-103,112-117H,4-37,41-46H2,1-3H3,(H,85,107)(H,86,108)(H,87,109)(H,88,104)(H,89,105)(H,90,106)(H,91,110)/t53-,54-,55-,66-,67-,68-,69+,70+,71+,72-,73-,74-,75+,76+,77+/m1/s1. The zero-order valence-electron chi connectivity index (χ0n) is 72.7. The van der Waals surface area contributed by atoms with Crippen molar-refractivity contribution in [3.05, 3.63) is 64.8 Å². The minimum absolute atomic E-state index is 0.0151. The molecule has 3 aromatic heterocycles. The summed E-state index contributed by atoms with van der Waals surface area (Å²) in [4.78, 5) is 103. The molecule has 0 bridgehead atoms. The summed E-state index contributed by atoms with van der Waals surface area (Å²) in [5.74, 6) is -17.5. The van der Waals surface area contributed by atoms with Gasteiger partial charge in [0.05, 0.1) is 156 Å². The highest BCUT2D eigenvalue weighted by molar-refractivity contribution is 5.80. The third-order valence-electron chi connectivity index (χ3n) is 20.9. The van der Waals surface area contributed by atoms with Gasteiger partial charge in [0, 0.05) is 78.0 Å². The maximum atomic E-state index is 14.1. The highest BCUT2D eigenvalue weighted by Gasteiger charge is 2.50. The molecule has 0 spiro atoms. The molecule has 734 valence electrons. The molecule has 7 amide bonds. The van der Waals surface area contributed by atoms with E-state index in [1.807, 2.05) is 0 Å². The number of unbranched alkanes of at least 4 members (excludes halogenated alkanes) is 7. The van der Waals surface area contributed by atoms with Gasteiger partial charge in [-0.15, -0.1) is 15.3 Å². The number of aromatic nitrogens is 9. The molecule has 15 atom stereocenters. The molecule has 0 aliphatic carbocycles. The molecule has 130 heavy (non-hydrogen) atoms. The average Bonchev–Trinajstić information content (AvgIpc) is 1.52. The SMILES string of the molecule is CC(=O)N[C@@H]1[C@@H](O)[C@@H](O)[C@@H](CO)O[C@H]1c1cn(COCCOCCOCCNC(=O)CCC(CCC(=O)NCCOCCOCCOCn2cc([C@@H]3O[C@H](CO)[C@H](O)[C@H](O)[C@H]3NC(C)=O)nn2)(CCC(=O)NCCOCCOCCOCn2cc([C@@H]3O[C@H](CO)[C@H](O)[C@H](O)[C@H]3NC(C)=O)nn2)NC(=O)CCCCCCCCCCC(=O)Oc2c(F)c(F)c(F)c(F)c2F)nn1. The Morgan fingerprint density at radius 3 is 0.946 bits per heavy atom. The molecule has 3 fully saturated rings. The summed E-state index contributed by atoms with van der Waals surface area (Å²) in [5, 5.41) is 136. The number of aliphatic hydroxyl groups excluding tert-OH is 9. The van der Waals surface area contributed by atoms with E-state index in [1.165, 1.54) is 53.4 Å². The minimum atomic E-state index is -2.39. The number of nitrogens with one attached hydrogen (secondary N) is 7. The molecule has 0 radical (unpaired) electrons. The van der Waals surface area contributed by atoms with Gasteiger partial charge in [-0.25, -0.2) is 27.2 Å². The predicted octanol–water partition coefficient (Wildman–Crippen LogP) is -3.39. The van der Waals surface area contributed by atoms with E-state index in [1.54, 1.807) is 0 Å². The molecule has 7 rings (SSSR count). The van der Waals surface area contributed by atoms with Gasteiger partial charge in [0.25, 0.3) is 0 Å². The first-order valence-corrected chi connectivity index (χ1v) is 42.9. The molecule has 0 saturated carbocycles. The lowest BCUT2D eigenvalue weighted by Crippen LogP contribution is -2.60. The fourth-order valence-corrected chi connectivity index (χ4v) is 14.1. The van der Waals surface area contributed by atoms with E-state index in [0.717, 1.165) is 0 Å². The number of nitrogens with zero attached hydrogens (tertiary/aromatic N) is 9. The van der Waals surface area contributed by atoms with Gasteiger partial charge in [-0.2, -0.15) is 8.78 Å². The maximum absolute atomic E-state index is 14.1. The number of hydrogen-bond donors (Lipinski definition) is 16. The van der Waals surface area contributed by atoms with Crippen LogP contribution in [0.25, 0.3) is 0 Å². The number of ether oxygens (including phenoxy) is 13. The first kappa shape index (κ1) is 108. The van der Waals surface area contributed by atoms with Gasteiger partial charge in [-0.3, -0.25) is 38.4 Å². The van der Waals surface area contributed by atoms with Crippen LogP contribution in [0.5, 0.6) is 5.75 Å². The third kappa shape index (κ3) is 36.3. The highest BCUT2D eigenvalue weighted by Crippen LogP contribution is 2.36. The molecule has 51 heteroatoms. The van der Waals surface area contributed by atoms with E-state index in [4.69, 9.17) is 56.8 Å². The number of amides is 7. The fourth-order valence-electron chi connectivity index (χ4n) is 14.1. The lowest BCUT2D eigenvalue weighted by molar-refractivity contribution is -0.198. The van der Waals surface area contributed by atoms with Gasteiger partial charge in [0.15, 0.2) is 0 Å². The number of aliphatic hydroxyl groups is 9. The molecule has 3 aliphatic heterocycles. The van der Waals surface area contributed by atoms with Crippen molar-refractivity contribution in [1.29, 1.82) is 0 Å². The predicted molar refractivity (Wildman–Crippen MR) is 431 cm³/mol. The van der Waals surface area contributed by atoms with Crippen LogP contribution in [-0.2, 0) is 115 Å². The fraction of sp³-hybridized carbons (Fsp3) is 0.747. The lowest BCUT2D eigenvalue weighted by Gasteiger charge is -2.41. The molecule has 6 heterocycles. The largest absolute Gasteiger partial charge is 0.420 e. The van der Waals surface area contributed by atoms with Crippen LogP contribution in [0, 0.1) is 29.1 Å². The Morgan fingerprint density at radius 1 is 0.369 bits per heavy atom. The molecule has 16 N–H and O–H groups in total. The van der Waals surface area contributed by atoms with Crippen LogP contribution in [0.3, 0.4) is 0 Å². The molecule has 3 aliphatic rings. The van der Waals surface area contributed by atoms with Crippen LogP contribution in [0.4, 0.5) is 22.0 Å². The van der Waals surface area contributed by atoms with Gasteiger partial charge in [-0.1, -0.05) is 54.2 Å². The summed E-state index contributed by atoms with van der Waals surface area (Å²) in [6.45, 7) is 3.61. The molecular weight excluding hydrogens is 1750 g/mol. The number of rotatable bonds is 64. The Labute approximate surface area is 744 Å². The highest BCUT2D eigenvalue weighted by atomic mass is 19.2. The van der Waals surface area contributed by atoms with Gasteiger partial charge in [0.2, 0.25) is 76.2 Å². The maximum Gasteiger partial charge on any atom is 0.311 e. The molecule has 1 aromatic carbocycles. The molecular formula is C79H123F5N16O30. The van der Waals surface area contributed by atoms with Crippen molar-refractivity contribution >= 4 is 47.3 Å². The van der Waals surface area contributed by atoms with Crippen molar-refractivity contribution in [2.45, 2.75) is 241 Å². The van der Waals surface area contributed by atoms with Crippen LogP contribution in [0.15, 0.2) is 18.6 Å². The smallest absolute Gasteiger partial charge is 0.311 e. The average molecular weight is 1870 g/mol. The Morgan fingerprint density at radius 2 is 0.646 bits per heavy atom. The number of carbonyl (C=O) groups excluding carboxylic acids is 8. The Bertz CT molecular complexity index is 3750. The normalized spacial score (nSPS) is 22.2. The number of hydrogen-bond acceptors (Lipinski definition) is 36. The lowest BCUT2D eigenvalue weighted by atomic mass is 9.82. The van der Waals surface area contributed by atoms with Crippen molar-refractivity contribution in [2.75, 3.05) is 139 Å². The molecule has 0 unspecified atom stereocenters. The number of esters is 1. The Hall–Kier alpha value is -8.79. The Balaban J connectivity index is 0.876. The zero-order valence-corrected chi connectivity index (χ0v) is 72.7. The van der Waals surface area contributed by atoms with Gasteiger partial charge in [-0.05, 0) is 32.1 Å². The van der Waals surface area contributed by atoms with E-state index < -0.39 is 199 Å². The van der Waals surface area contributed by atoms with Gasteiger partial charge < -0.3 is 145 Å². The summed E-state index contributed by atoms with van der Waals surface area (Å²) >= 11 is 0. The molecule has 46 nitrogen and oxygen atoms in total. The van der Waals surface area contributed by atoms with Crippen molar-refractivity contribution in [3.63, 3.8) is 0 Å². The van der Waals surface area contributed by atoms with Crippen LogP contribution in [-0.4, -0.2) is 355 Å². The van der Waals surface area contributed by atoms with E-state index in [9.17, 15) is 106 Å². The monoisotopic (exact) mass is 1870 g/mol. The summed E-state index contributed by atoms with van der Waals surface area (Å²) in [5.41, 5.74) is -0.734. The minimum Gasteiger partial charge on any atom is -0.420 e. The van der Waals surface area contributed by atoms with E-state index in [-0.39, 0.29) is 214 Å². The first-order chi connectivity index (χ1) is 62.5. The summed E-state index contributed by atoms with van der Waals surface area (Å²) < 4.78 is 145. The second-order valence-corrected chi connectivity index (χ2v) is 30.9. The number of halogens is 5. The van der Waals surface area contributed by atoms with Crippen LogP contribution < -0.4 is 42.0 Å². The van der Waals surface area contributed by atoms with Crippen LogP contribution in [0.1, 0.15) is 159 Å². The van der Waals surface area contributed by atoms with Crippen molar-refractivity contribution in [1.82, 2.24) is 82.2 Å². The van der Waals surface area contributed by atoms with E-state index in [2.05, 4.69) is 72.9 Å². The summed E-state index contributed by atoms with van der Waals surface area (Å²) in [7, 11) is 0. The van der Waals surface area contributed by atoms with E-state index in [0.29, 0.717) is 44.9 Å². The van der Waals surface area contributed by atoms with E-state index >= 15 is 0 Å². The van der Waals surface area contributed by atoms with Crippen molar-refractivity contribution in [2.24, 2.45) is 0 Å². The number of carbonyl (C=O) groups is 8. The first-order valence-electron chi connectivity index (χ1n) is 42.9. The quantitative estimate of drug-likeness (QED) is 0.00512. The van der Waals surface area contributed by atoms with Gasteiger partial charge in [0.1, 0.15) is 111 Å². The summed E-state index contributed by atoms with van der Waals surface area (Å²) in [6, 6.07) is -3.30. The van der Waals surface area contributed by atoms with Crippen molar-refractivity contribution < 1.29 is 168 Å². The van der Waals surface area contributed by atoms with Crippen molar-refractivity contribution in [3.8, 4) is 5.75 Å². The van der Waals surface area contributed by atoms with Gasteiger partial charge >= 0.3 is 5.97 Å². The number of benzene rings is 1. The summed E-state index contributed by atoms with van der Waals surface area (Å²) in [6.07, 6.45) is -7.78. The third-order valence-corrected chi connectivity index (χ3v) is 20.9. The van der Waals surface area contributed by atoms with Crippen LogP contribution in [0.2, 0.25) is 0 Å². The second-order valence-electron chi connectivity index (χ2n) is 30.9. The van der Waals surface area contributed by atoms with Crippen LogP contribution >= 0.6 is 0 Å². The second kappa shape index (κ2) is 58.3. The molecule has 4 aromatic rings. The Kier molecular flexibility index (Phi) is 48.5. The topological polar surface area (TPSA) is 615 Å². The zero-order chi connectivity index (χ0) is 94.5.